The molecule has 8 rings (SSSR count). The highest BCUT2D eigenvalue weighted by atomic mass is 16.3. The van der Waals surface area contributed by atoms with Crippen LogP contribution in [0, 0.1) is 0 Å². The normalized spacial score (nSPS) is 14.8. The van der Waals surface area contributed by atoms with Crippen molar-refractivity contribution in [2.24, 2.45) is 0 Å². The van der Waals surface area contributed by atoms with Crippen molar-refractivity contribution < 1.29 is 4.42 Å². The summed E-state index contributed by atoms with van der Waals surface area (Å²) >= 11 is 0. The van der Waals surface area contributed by atoms with Gasteiger partial charge in [0.1, 0.15) is 17.0 Å². The van der Waals surface area contributed by atoms with Crippen LogP contribution in [0.15, 0.2) is 138 Å². The smallest absolute Gasteiger partial charge is 0.165 e. The van der Waals surface area contributed by atoms with Crippen LogP contribution in [0.3, 0.4) is 0 Å². The number of allylic oxidation sites excluding steroid dienone is 4. The first-order chi connectivity index (χ1) is 20.3. The Morgan fingerprint density at radius 2 is 1.37 bits per heavy atom. The molecular weight excluding hydrogens is 502 g/mol. The summed E-state index contributed by atoms with van der Waals surface area (Å²) in [6.45, 7) is 0. The van der Waals surface area contributed by atoms with Gasteiger partial charge < -0.3 is 4.42 Å². The van der Waals surface area contributed by atoms with Crippen LogP contribution in [0.4, 0.5) is 0 Å². The third-order valence-corrected chi connectivity index (χ3v) is 7.85. The third-order valence-electron chi connectivity index (χ3n) is 7.85. The molecule has 0 amide bonds. The molecule has 1 unspecified atom stereocenters. The first-order valence-corrected chi connectivity index (χ1v) is 13.9. The third kappa shape index (κ3) is 4.04. The van der Waals surface area contributed by atoms with Gasteiger partial charge in [0.05, 0.1) is 0 Å². The summed E-state index contributed by atoms with van der Waals surface area (Å²) in [6, 6.07) is 37.5. The van der Waals surface area contributed by atoms with Crippen molar-refractivity contribution in [3.05, 3.63) is 139 Å². The highest BCUT2D eigenvalue weighted by Gasteiger charge is 2.23. The number of benzene rings is 5. The molecule has 0 spiro atoms. The lowest BCUT2D eigenvalue weighted by Gasteiger charge is -2.17. The summed E-state index contributed by atoms with van der Waals surface area (Å²) < 4.78 is 6.33. The molecule has 4 nitrogen and oxygen atoms in total. The predicted molar refractivity (Wildman–Crippen MR) is 167 cm³/mol. The molecule has 0 aliphatic heterocycles. The summed E-state index contributed by atoms with van der Waals surface area (Å²) in [5, 5.41) is 4.33. The summed E-state index contributed by atoms with van der Waals surface area (Å²) in [4.78, 5) is 15.5. The fraction of sp³-hybridized carbons (Fsp3) is 0.0541. The number of hydrogen-bond acceptors (Lipinski definition) is 4. The summed E-state index contributed by atoms with van der Waals surface area (Å²) in [5.41, 5.74) is 5.77. The van der Waals surface area contributed by atoms with Gasteiger partial charge in [-0.25, -0.2) is 15.0 Å². The van der Waals surface area contributed by atoms with Gasteiger partial charge in [-0.3, -0.25) is 0 Å². The van der Waals surface area contributed by atoms with Crippen molar-refractivity contribution >= 4 is 32.7 Å². The minimum absolute atomic E-state index is 0.0657. The standard InChI is InChI=1S/C37H25N3O/c1-3-12-25(13-4-1)28-22-23-32-33(30-19-9-10-21-31(30)41-32)34(28)37-39-35(26-15-5-2-6-16-26)38-36(40-37)29-20-11-17-24-14-7-8-18-27(24)29/h1-15,17-23,26H,16H2. The van der Waals surface area contributed by atoms with Crippen molar-refractivity contribution in [1.29, 1.82) is 0 Å². The van der Waals surface area contributed by atoms with Crippen molar-refractivity contribution in [3.8, 4) is 33.9 Å². The number of furan rings is 1. The number of fused-ring (bicyclic) bond motifs is 4. The zero-order chi connectivity index (χ0) is 27.2. The monoisotopic (exact) mass is 527 g/mol. The highest BCUT2D eigenvalue weighted by molar-refractivity contribution is 6.15. The van der Waals surface area contributed by atoms with Crippen LogP contribution in [0.25, 0.3) is 66.6 Å². The van der Waals surface area contributed by atoms with Gasteiger partial charge in [0, 0.05) is 27.8 Å². The Labute approximate surface area is 237 Å². The number of aromatic nitrogens is 3. The second-order valence-electron chi connectivity index (χ2n) is 10.3. The first kappa shape index (κ1) is 23.5. The van der Waals surface area contributed by atoms with E-state index in [1.165, 1.54) is 0 Å². The van der Waals surface area contributed by atoms with E-state index in [1.807, 2.05) is 18.2 Å². The zero-order valence-electron chi connectivity index (χ0n) is 22.2. The number of rotatable bonds is 4. The Hall–Kier alpha value is -5.35. The Bertz CT molecular complexity index is 2130. The largest absolute Gasteiger partial charge is 0.456 e. The molecule has 41 heavy (non-hydrogen) atoms. The van der Waals surface area contributed by atoms with Crippen molar-refractivity contribution in [1.82, 2.24) is 15.0 Å². The maximum Gasteiger partial charge on any atom is 0.165 e. The second kappa shape index (κ2) is 9.68. The maximum absolute atomic E-state index is 6.33. The van der Waals surface area contributed by atoms with Gasteiger partial charge in [-0.05, 0) is 46.5 Å². The Kier molecular flexibility index (Phi) is 5.56. The maximum atomic E-state index is 6.33. The van der Waals surface area contributed by atoms with E-state index >= 15 is 0 Å². The Morgan fingerprint density at radius 1 is 0.585 bits per heavy atom. The molecule has 194 valence electrons. The number of hydrogen-bond donors (Lipinski definition) is 0. The van der Waals surface area contributed by atoms with E-state index in [-0.39, 0.29) is 5.92 Å². The molecule has 2 aromatic heterocycles. The second-order valence-corrected chi connectivity index (χ2v) is 10.3. The minimum Gasteiger partial charge on any atom is -0.456 e. The number of nitrogens with zero attached hydrogens (tertiary/aromatic N) is 3. The van der Waals surface area contributed by atoms with Crippen molar-refractivity contribution in [2.75, 3.05) is 0 Å². The van der Waals surface area contributed by atoms with E-state index < -0.39 is 0 Å². The lowest BCUT2D eigenvalue weighted by Crippen LogP contribution is -2.08. The fourth-order valence-electron chi connectivity index (χ4n) is 5.89. The molecule has 2 heterocycles. The molecule has 0 saturated carbocycles. The predicted octanol–water partition coefficient (Wildman–Crippen LogP) is 9.52. The number of para-hydroxylation sites is 1. The topological polar surface area (TPSA) is 51.8 Å². The fourth-order valence-corrected chi connectivity index (χ4v) is 5.89. The van der Waals surface area contributed by atoms with E-state index in [9.17, 15) is 0 Å². The molecule has 4 heteroatoms. The quantitative estimate of drug-likeness (QED) is 0.229. The van der Waals surface area contributed by atoms with Crippen LogP contribution >= 0.6 is 0 Å². The van der Waals surface area contributed by atoms with Crippen LogP contribution in [0.5, 0.6) is 0 Å². The Balaban J connectivity index is 1.48. The van der Waals surface area contributed by atoms with E-state index in [0.29, 0.717) is 11.6 Å². The van der Waals surface area contributed by atoms with Gasteiger partial charge in [-0.1, -0.05) is 115 Å². The van der Waals surface area contributed by atoms with Gasteiger partial charge in [0.2, 0.25) is 0 Å². The van der Waals surface area contributed by atoms with Gasteiger partial charge in [-0.2, -0.15) is 0 Å². The van der Waals surface area contributed by atoms with Gasteiger partial charge in [-0.15, -0.1) is 0 Å². The van der Waals surface area contributed by atoms with Crippen LogP contribution in [-0.2, 0) is 0 Å². The van der Waals surface area contributed by atoms with Gasteiger partial charge >= 0.3 is 0 Å². The van der Waals surface area contributed by atoms with Gasteiger partial charge in [0.15, 0.2) is 11.6 Å². The summed E-state index contributed by atoms with van der Waals surface area (Å²) in [7, 11) is 0. The first-order valence-electron chi connectivity index (χ1n) is 13.9. The van der Waals surface area contributed by atoms with Crippen molar-refractivity contribution in [2.45, 2.75) is 12.3 Å². The minimum atomic E-state index is 0.0657. The molecule has 0 N–H and O–H groups in total. The molecule has 1 atom stereocenters. The average Bonchev–Trinajstić information content (AvgIpc) is 3.43. The van der Waals surface area contributed by atoms with Crippen molar-refractivity contribution in [3.63, 3.8) is 0 Å². The van der Waals surface area contributed by atoms with Crippen LogP contribution in [0.1, 0.15) is 18.2 Å². The van der Waals surface area contributed by atoms with E-state index in [0.717, 1.165) is 67.2 Å². The lowest BCUT2D eigenvalue weighted by molar-refractivity contribution is 0.669. The molecule has 0 saturated heterocycles. The zero-order valence-corrected chi connectivity index (χ0v) is 22.2. The molecule has 5 aromatic carbocycles. The molecule has 1 aliphatic carbocycles. The van der Waals surface area contributed by atoms with Crippen LogP contribution in [-0.4, -0.2) is 15.0 Å². The highest BCUT2D eigenvalue weighted by Crippen LogP contribution is 2.42. The van der Waals surface area contributed by atoms with Gasteiger partial charge in [0.25, 0.3) is 0 Å². The lowest BCUT2D eigenvalue weighted by atomic mass is 9.94. The molecule has 0 fully saturated rings. The molecule has 0 bridgehead atoms. The summed E-state index contributed by atoms with van der Waals surface area (Å²) in [6.07, 6.45) is 9.35. The summed E-state index contributed by atoms with van der Waals surface area (Å²) in [5.74, 6) is 2.16. The van der Waals surface area contributed by atoms with E-state index in [4.69, 9.17) is 19.4 Å². The van der Waals surface area contributed by atoms with Crippen LogP contribution < -0.4 is 0 Å². The average molecular weight is 528 g/mol. The SMILES string of the molecule is C1=CCC(c2nc(-c3cccc4ccccc34)nc(-c3c(-c4ccccc4)ccc4oc5ccccc5c34)n2)C=C1. The molecule has 0 radical (unpaired) electrons. The molecule has 1 aliphatic rings. The molecule has 7 aromatic rings. The van der Waals surface area contributed by atoms with E-state index in [1.54, 1.807) is 0 Å². The van der Waals surface area contributed by atoms with Crippen LogP contribution in [0.2, 0.25) is 0 Å². The molecular formula is C37H25N3O. The Morgan fingerprint density at radius 3 is 2.24 bits per heavy atom. The van der Waals surface area contributed by atoms with E-state index in [2.05, 4.69) is 115 Å².